The molecule has 10 rings (SSSR count). The number of pyridine rings is 2. The molecule has 0 atom stereocenters. The Morgan fingerprint density at radius 1 is 0.671 bits per heavy atom. The molecule has 0 bridgehead atoms. The molecule has 7 heteroatoms. The summed E-state index contributed by atoms with van der Waals surface area (Å²) in [5.41, 5.74) is 14.3. The van der Waals surface area contributed by atoms with Gasteiger partial charge < -0.3 is 8.98 Å². The zero-order valence-corrected chi connectivity index (χ0v) is 48.1. The van der Waals surface area contributed by atoms with E-state index in [1.165, 1.54) is 49.5 Å². The summed E-state index contributed by atoms with van der Waals surface area (Å²) in [5.74, 6) is 9.71. The van der Waals surface area contributed by atoms with Gasteiger partial charge in [0.15, 0.2) is 0 Å². The van der Waals surface area contributed by atoms with Gasteiger partial charge in [0.1, 0.15) is 0 Å². The van der Waals surface area contributed by atoms with Crippen LogP contribution in [0.5, 0.6) is 0 Å². The number of fused-ring (bicyclic) bond motifs is 7. The second-order valence-electron chi connectivity index (χ2n) is 22.4. The van der Waals surface area contributed by atoms with E-state index < -0.39 is 13.3 Å². The van der Waals surface area contributed by atoms with Gasteiger partial charge >= 0.3 is 151 Å². The molecule has 0 saturated carbocycles. The van der Waals surface area contributed by atoms with Crippen LogP contribution in [0.4, 0.5) is 0 Å². The number of benzene rings is 6. The largest absolute Gasteiger partial charge is 0.486 e. The predicted molar refractivity (Wildman–Crippen MR) is 296 cm³/mol. The van der Waals surface area contributed by atoms with Gasteiger partial charge in [-0.3, -0.25) is 4.98 Å². The van der Waals surface area contributed by atoms with E-state index in [0.29, 0.717) is 17.5 Å². The molecule has 0 N–H and O–H groups in total. The van der Waals surface area contributed by atoms with Crippen LogP contribution >= 0.6 is 0 Å². The van der Waals surface area contributed by atoms with E-state index >= 15 is 0 Å². The Balaban J connectivity index is 0.000000224. The first kappa shape index (κ1) is 51.0. The second kappa shape index (κ2) is 20.0. The molecular formula is C63H68GeIrN4O-2. The van der Waals surface area contributed by atoms with Crippen molar-refractivity contribution in [3.8, 4) is 28.3 Å². The first-order valence-corrected chi connectivity index (χ1v) is 32.4. The minimum absolute atomic E-state index is 0. The number of nitrogens with zero attached hydrogens (tertiary/aromatic N) is 4. The third-order valence-electron chi connectivity index (χ3n) is 13.6. The van der Waals surface area contributed by atoms with Crippen LogP contribution in [0, 0.1) is 18.1 Å². The minimum Gasteiger partial charge on any atom is -0.486 e. The maximum atomic E-state index is 6.63. The van der Waals surface area contributed by atoms with Gasteiger partial charge in [-0.2, -0.15) is 0 Å². The van der Waals surface area contributed by atoms with E-state index in [-0.39, 0.29) is 37.4 Å². The average Bonchev–Trinajstić information content (AvgIpc) is 3.89. The van der Waals surface area contributed by atoms with Gasteiger partial charge in [0.25, 0.3) is 0 Å². The van der Waals surface area contributed by atoms with Gasteiger partial charge in [-0.1, -0.05) is 107 Å². The zero-order chi connectivity index (χ0) is 49.1. The van der Waals surface area contributed by atoms with Gasteiger partial charge in [-0.15, -0.1) is 18.2 Å². The summed E-state index contributed by atoms with van der Waals surface area (Å²) in [7, 11) is 0. The summed E-state index contributed by atoms with van der Waals surface area (Å²) in [6.45, 7) is 24.8. The Kier molecular flexibility index (Phi) is 14.6. The summed E-state index contributed by atoms with van der Waals surface area (Å²) in [6, 6.07) is 48.2. The number of rotatable bonds is 9. The SMILES string of the molecule is CC(C)Cc1cc(-c2[c-]ccc(C(C)(C)C)c2)nc[c]1[Ge]([CH3])([CH3])[CH3].CC(C)c1ccc2c(n1)oc1c(-c3nc4ccc5ccccc5c4n3-c3c(C(C)C)cc4ccccc4c3C(C)C)[c-]ccc12.[Ir]. The maximum Gasteiger partial charge on any atom is 0.216 e. The standard InChI is InChI=1S/C41H36N3O.C22H32GeN.Ir/c1-23(2)33-22-27-13-8-9-14-28(27)36(25(5)6)38(33)44-37-29-15-10-7-12-26(29)18-20-35(37)42-40(44)32-17-11-16-30-31-19-21-34(24(3)4)43-41(31)45-39(30)32;1-16(2)12-18-14-21(24-15-20(18)23(6,7)8)17-10-9-11-19(13-17)22(3,4)5;/h7-16,18-25H,1-6H3;9,11,13-16H,12H2,1-8H3;/q2*-1;. The van der Waals surface area contributed by atoms with E-state index in [1.807, 2.05) is 12.1 Å². The Hall–Kier alpha value is -5.40. The molecule has 0 saturated heterocycles. The van der Waals surface area contributed by atoms with Crippen molar-refractivity contribution in [1.29, 1.82) is 0 Å². The second-order valence-corrected chi connectivity index (χ2v) is 33.0. The quantitative estimate of drug-likeness (QED) is 0.107. The van der Waals surface area contributed by atoms with Gasteiger partial charge in [0.05, 0.1) is 22.4 Å². The molecule has 5 nitrogen and oxygen atoms in total. The van der Waals surface area contributed by atoms with Crippen LogP contribution in [0.25, 0.3) is 83.0 Å². The fraction of sp³-hybridized carbons (Fsp3) is 0.317. The molecular weight excluding hydrogens is 1090 g/mol. The third-order valence-corrected chi connectivity index (χ3v) is 17.9. The number of hydrogen-bond acceptors (Lipinski definition) is 4. The van der Waals surface area contributed by atoms with Gasteiger partial charge in [-0.25, -0.2) is 4.98 Å². The van der Waals surface area contributed by atoms with E-state index in [4.69, 9.17) is 19.4 Å². The molecule has 0 unspecified atom stereocenters. The number of furan rings is 1. The first-order chi connectivity index (χ1) is 32.8. The van der Waals surface area contributed by atoms with Crippen molar-refractivity contribution >= 4 is 72.3 Å². The van der Waals surface area contributed by atoms with Gasteiger partial charge in [-0.05, 0) is 69.3 Å². The van der Waals surface area contributed by atoms with Crippen LogP contribution in [-0.4, -0.2) is 32.8 Å². The van der Waals surface area contributed by atoms with Crippen LogP contribution in [0.15, 0.2) is 126 Å². The maximum absolute atomic E-state index is 6.63. The zero-order valence-electron chi connectivity index (χ0n) is 43.6. The van der Waals surface area contributed by atoms with E-state index in [2.05, 4.69) is 219 Å². The van der Waals surface area contributed by atoms with Crippen molar-refractivity contribution in [3.05, 3.63) is 162 Å². The molecule has 4 aromatic heterocycles. The molecule has 0 spiro atoms. The Bertz CT molecular complexity index is 3530. The van der Waals surface area contributed by atoms with Crippen molar-refractivity contribution in [2.75, 3.05) is 0 Å². The normalized spacial score (nSPS) is 12.3. The van der Waals surface area contributed by atoms with E-state index in [1.54, 1.807) is 4.40 Å². The van der Waals surface area contributed by atoms with Crippen molar-refractivity contribution in [2.45, 2.75) is 123 Å². The summed E-state index contributed by atoms with van der Waals surface area (Å²) in [5, 5.41) is 6.93. The van der Waals surface area contributed by atoms with Crippen molar-refractivity contribution in [1.82, 2.24) is 19.5 Å². The van der Waals surface area contributed by atoms with Crippen LogP contribution in [0.2, 0.25) is 17.3 Å². The third kappa shape index (κ3) is 9.81. The average molecular weight is 1160 g/mol. The smallest absolute Gasteiger partial charge is 0.216 e. The van der Waals surface area contributed by atoms with Crippen LogP contribution in [0.1, 0.15) is 122 Å². The molecule has 0 aliphatic heterocycles. The van der Waals surface area contributed by atoms with E-state index in [9.17, 15) is 0 Å². The Morgan fingerprint density at radius 3 is 2.04 bits per heavy atom. The van der Waals surface area contributed by atoms with Crippen LogP contribution in [0.3, 0.4) is 0 Å². The summed E-state index contributed by atoms with van der Waals surface area (Å²) >= 11 is -1.91. The summed E-state index contributed by atoms with van der Waals surface area (Å²) in [6.07, 6.45) is 3.29. The summed E-state index contributed by atoms with van der Waals surface area (Å²) < 4.78 is 10.6. The first-order valence-electron chi connectivity index (χ1n) is 25.0. The monoisotopic (exact) mass is 1160 g/mol. The minimum atomic E-state index is -1.91. The molecule has 6 aromatic carbocycles. The van der Waals surface area contributed by atoms with E-state index in [0.717, 1.165) is 62.1 Å². The number of imidazole rings is 1. The molecule has 4 heterocycles. The molecule has 0 fully saturated rings. The van der Waals surface area contributed by atoms with Gasteiger partial charge in [0.2, 0.25) is 5.71 Å². The van der Waals surface area contributed by atoms with Crippen LogP contribution in [-0.2, 0) is 31.9 Å². The topological polar surface area (TPSA) is 56.7 Å². The fourth-order valence-corrected chi connectivity index (χ4v) is 13.4. The van der Waals surface area contributed by atoms with Crippen molar-refractivity contribution in [2.24, 2.45) is 5.92 Å². The molecule has 70 heavy (non-hydrogen) atoms. The summed E-state index contributed by atoms with van der Waals surface area (Å²) in [4.78, 5) is 15.1. The molecule has 0 amide bonds. The number of hydrogen-bond donors (Lipinski definition) is 0. The number of aromatic nitrogens is 4. The molecule has 0 aliphatic rings. The van der Waals surface area contributed by atoms with Crippen molar-refractivity contribution < 1.29 is 24.5 Å². The fourth-order valence-electron chi connectivity index (χ4n) is 10.0. The van der Waals surface area contributed by atoms with Gasteiger partial charge in [0, 0.05) is 42.3 Å². The Labute approximate surface area is 432 Å². The Morgan fingerprint density at radius 2 is 1.37 bits per heavy atom. The van der Waals surface area contributed by atoms with Crippen molar-refractivity contribution in [3.63, 3.8) is 0 Å². The molecule has 1 radical (unpaired) electrons. The molecule has 10 aromatic rings. The molecule has 361 valence electrons. The van der Waals surface area contributed by atoms with Crippen LogP contribution < -0.4 is 4.40 Å². The molecule has 0 aliphatic carbocycles. The predicted octanol–water partition coefficient (Wildman–Crippen LogP) is 17.1.